The number of isocyanates is 2. The van der Waals surface area contributed by atoms with Gasteiger partial charge in [0.25, 0.3) is 0 Å². The molecule has 1 aliphatic rings. The monoisotopic (exact) mass is 184 g/mol. The highest BCUT2D eigenvalue weighted by molar-refractivity contribution is 6.71. The molecule has 1 saturated heterocycles. The van der Waals surface area contributed by atoms with Gasteiger partial charge in [-0.2, -0.15) is 9.32 Å². The minimum absolute atomic E-state index is 0.516. The first-order valence-electron chi connectivity index (χ1n) is 3.65. The Bertz CT molecular complexity index is 230. The van der Waals surface area contributed by atoms with Crippen molar-refractivity contribution in [3.8, 4) is 0 Å². The molecule has 1 aliphatic heterocycles. The standard InChI is InChI=1S/C6H8N2O3Si/c9-5-7-12(8-6-10)4-2-1-3-11-12/h1-4H2. The number of hydrogen-bond acceptors (Lipinski definition) is 5. The average molecular weight is 184 g/mol. The zero-order valence-corrected chi connectivity index (χ0v) is 7.45. The Balaban J connectivity index is 2.82. The molecule has 0 N–H and O–H groups in total. The molecular weight excluding hydrogens is 176 g/mol. The van der Waals surface area contributed by atoms with Crippen molar-refractivity contribution < 1.29 is 14.0 Å². The fourth-order valence-electron chi connectivity index (χ4n) is 1.11. The summed E-state index contributed by atoms with van der Waals surface area (Å²) >= 11 is 0. The Hall–Kier alpha value is -1.06. The molecule has 0 amide bonds. The van der Waals surface area contributed by atoms with E-state index in [0.717, 1.165) is 12.8 Å². The first-order chi connectivity index (χ1) is 5.83. The van der Waals surface area contributed by atoms with Gasteiger partial charge in [0.05, 0.1) is 0 Å². The molecule has 6 heteroatoms. The number of rotatable bonds is 2. The molecular formula is C6H8N2O3Si. The van der Waals surface area contributed by atoms with E-state index in [1.165, 1.54) is 12.2 Å². The van der Waals surface area contributed by atoms with Crippen molar-refractivity contribution in [3.63, 3.8) is 0 Å². The fraction of sp³-hybridized carbons (Fsp3) is 0.667. The second-order valence-corrected chi connectivity index (χ2v) is 5.18. The van der Waals surface area contributed by atoms with E-state index >= 15 is 0 Å². The molecule has 0 bridgehead atoms. The molecule has 0 aromatic carbocycles. The molecule has 1 fully saturated rings. The average Bonchev–Trinajstić information content (AvgIpc) is 2.07. The third-order valence-corrected chi connectivity index (χ3v) is 4.22. The van der Waals surface area contributed by atoms with Crippen molar-refractivity contribution in [3.05, 3.63) is 0 Å². The molecule has 0 saturated carbocycles. The fourth-order valence-corrected chi connectivity index (χ4v) is 3.12. The van der Waals surface area contributed by atoms with Crippen molar-refractivity contribution in [2.24, 2.45) is 9.32 Å². The first kappa shape index (κ1) is 9.03. The van der Waals surface area contributed by atoms with Gasteiger partial charge >= 0.3 is 8.64 Å². The maximum absolute atomic E-state index is 10.0. The van der Waals surface area contributed by atoms with Gasteiger partial charge in [-0.1, -0.05) is 0 Å². The predicted octanol–water partition coefficient (Wildman–Crippen LogP) is 0.407. The first-order valence-corrected chi connectivity index (χ1v) is 5.66. The van der Waals surface area contributed by atoms with Crippen LogP contribution in [-0.2, 0) is 14.0 Å². The highest BCUT2D eigenvalue weighted by Gasteiger charge is 2.39. The Morgan fingerprint density at radius 2 is 1.83 bits per heavy atom. The van der Waals surface area contributed by atoms with E-state index in [0.29, 0.717) is 12.7 Å². The van der Waals surface area contributed by atoms with Crippen LogP contribution in [0.4, 0.5) is 0 Å². The normalized spacial score (nSPS) is 28.3. The maximum atomic E-state index is 10.0. The Labute approximate surface area is 70.4 Å². The van der Waals surface area contributed by atoms with Gasteiger partial charge in [-0.15, -0.1) is 0 Å². The smallest absolute Gasteiger partial charge is 0.380 e. The summed E-state index contributed by atoms with van der Waals surface area (Å²) in [5, 5.41) is 0. The molecule has 0 unspecified atom stereocenters. The van der Waals surface area contributed by atoms with E-state index < -0.39 is 8.64 Å². The Morgan fingerprint density at radius 3 is 2.25 bits per heavy atom. The third-order valence-electron chi connectivity index (χ3n) is 1.67. The van der Waals surface area contributed by atoms with E-state index in [4.69, 9.17) is 4.43 Å². The van der Waals surface area contributed by atoms with Gasteiger partial charge in [-0.05, 0) is 12.8 Å². The second kappa shape index (κ2) is 4.09. The molecule has 0 radical (unpaired) electrons. The minimum Gasteiger partial charge on any atom is -0.380 e. The van der Waals surface area contributed by atoms with Crippen molar-refractivity contribution in [1.82, 2.24) is 0 Å². The highest BCUT2D eigenvalue weighted by Crippen LogP contribution is 2.22. The predicted molar refractivity (Wildman–Crippen MR) is 42.0 cm³/mol. The summed E-state index contributed by atoms with van der Waals surface area (Å²) in [5.41, 5.74) is 0. The lowest BCUT2D eigenvalue weighted by atomic mass is 10.4. The lowest BCUT2D eigenvalue weighted by molar-refractivity contribution is 0.268. The van der Waals surface area contributed by atoms with Crippen LogP contribution in [0.3, 0.4) is 0 Å². The van der Waals surface area contributed by atoms with Gasteiger partial charge < -0.3 is 4.43 Å². The van der Waals surface area contributed by atoms with Crippen molar-refractivity contribution >= 4 is 20.8 Å². The quantitative estimate of drug-likeness (QED) is 0.354. The summed E-state index contributed by atoms with van der Waals surface area (Å²) in [4.78, 5) is 20.1. The number of nitrogens with zero attached hydrogens (tertiary/aromatic N) is 2. The largest absolute Gasteiger partial charge is 0.477 e. The van der Waals surface area contributed by atoms with Crippen LogP contribution in [0.2, 0.25) is 6.04 Å². The van der Waals surface area contributed by atoms with Gasteiger partial charge in [-0.25, -0.2) is 9.59 Å². The van der Waals surface area contributed by atoms with Crippen LogP contribution >= 0.6 is 0 Å². The lowest BCUT2D eigenvalue weighted by Crippen LogP contribution is -2.37. The summed E-state index contributed by atoms with van der Waals surface area (Å²) in [5.74, 6) is 0. The van der Waals surface area contributed by atoms with Crippen molar-refractivity contribution in [2.45, 2.75) is 18.9 Å². The summed E-state index contributed by atoms with van der Waals surface area (Å²) in [7, 11) is -2.78. The molecule has 1 heterocycles. The molecule has 0 aromatic rings. The van der Waals surface area contributed by atoms with Gasteiger partial charge in [-0.3, -0.25) is 0 Å². The Morgan fingerprint density at radius 1 is 1.17 bits per heavy atom. The molecule has 1 rings (SSSR count). The summed E-state index contributed by atoms with van der Waals surface area (Å²) in [6, 6.07) is 0.581. The topological polar surface area (TPSA) is 68.1 Å². The van der Waals surface area contributed by atoms with Crippen LogP contribution in [-0.4, -0.2) is 27.4 Å². The van der Waals surface area contributed by atoms with E-state index in [-0.39, 0.29) is 0 Å². The van der Waals surface area contributed by atoms with Crippen molar-refractivity contribution in [2.75, 3.05) is 6.61 Å². The third kappa shape index (κ3) is 1.96. The van der Waals surface area contributed by atoms with E-state index in [9.17, 15) is 9.59 Å². The summed E-state index contributed by atoms with van der Waals surface area (Å²) < 4.78 is 12.2. The van der Waals surface area contributed by atoms with Crippen molar-refractivity contribution in [1.29, 1.82) is 0 Å². The van der Waals surface area contributed by atoms with Crippen LogP contribution in [0, 0.1) is 0 Å². The molecule has 5 nitrogen and oxygen atoms in total. The van der Waals surface area contributed by atoms with Crippen LogP contribution in [0.15, 0.2) is 9.32 Å². The van der Waals surface area contributed by atoms with Gasteiger partial charge in [0.1, 0.15) is 0 Å². The van der Waals surface area contributed by atoms with Crippen LogP contribution < -0.4 is 0 Å². The molecule has 0 spiro atoms. The Kier molecular flexibility index (Phi) is 3.07. The van der Waals surface area contributed by atoms with Crippen LogP contribution in [0.1, 0.15) is 12.8 Å². The molecule has 0 atom stereocenters. The summed E-state index contributed by atoms with van der Waals surface area (Å²) in [6.45, 7) is 0.516. The zero-order chi connectivity index (χ0) is 8.86. The van der Waals surface area contributed by atoms with E-state index in [1.807, 2.05) is 0 Å². The SMILES string of the molecule is O=C=N[Si]1(N=C=O)CCCCO1. The lowest BCUT2D eigenvalue weighted by Gasteiger charge is -2.22. The minimum atomic E-state index is -2.78. The number of hydrogen-bond donors (Lipinski definition) is 0. The maximum Gasteiger partial charge on any atom is 0.477 e. The van der Waals surface area contributed by atoms with Gasteiger partial charge in [0.15, 0.2) is 0 Å². The van der Waals surface area contributed by atoms with Crippen LogP contribution in [0.5, 0.6) is 0 Å². The molecule has 64 valence electrons. The molecule has 0 aliphatic carbocycles. The van der Waals surface area contributed by atoms with Gasteiger partial charge in [0.2, 0.25) is 12.2 Å². The van der Waals surface area contributed by atoms with Crippen LogP contribution in [0.25, 0.3) is 0 Å². The summed E-state index contributed by atoms with van der Waals surface area (Å²) in [6.07, 6.45) is 4.62. The van der Waals surface area contributed by atoms with Gasteiger partial charge in [0, 0.05) is 12.7 Å². The highest BCUT2D eigenvalue weighted by atomic mass is 28.4. The zero-order valence-electron chi connectivity index (χ0n) is 6.45. The van der Waals surface area contributed by atoms with E-state index in [2.05, 4.69) is 9.32 Å². The molecule has 0 aromatic heterocycles. The van der Waals surface area contributed by atoms with E-state index in [1.54, 1.807) is 0 Å². The number of carbonyl (C=O) groups excluding carboxylic acids is 2. The second-order valence-electron chi connectivity index (χ2n) is 2.45. The molecule has 12 heavy (non-hydrogen) atoms.